The minimum Gasteiger partial charge on any atom is -0.481 e. The number of nitrogens with one attached hydrogen (secondary N) is 1. The van der Waals surface area contributed by atoms with Crippen LogP contribution in [-0.2, 0) is 14.4 Å². The summed E-state index contributed by atoms with van der Waals surface area (Å²) in [6.07, 6.45) is -0.0377. The van der Waals surface area contributed by atoms with Gasteiger partial charge in [0.05, 0.1) is 16.3 Å². The first kappa shape index (κ1) is 25.9. The monoisotopic (exact) mass is 471 g/mol. The van der Waals surface area contributed by atoms with Crippen LogP contribution in [0.4, 0.5) is 22.7 Å². The van der Waals surface area contributed by atoms with Crippen molar-refractivity contribution in [1.29, 1.82) is 0 Å². The third-order valence-electron chi connectivity index (χ3n) is 4.90. The number of carbonyl (C=O) groups excluding carboxylic acids is 1. The summed E-state index contributed by atoms with van der Waals surface area (Å²) in [6.45, 7) is 2.94. The first-order valence-electron chi connectivity index (χ1n) is 10.4. The van der Waals surface area contributed by atoms with Crippen LogP contribution < -0.4 is 10.2 Å². The summed E-state index contributed by atoms with van der Waals surface area (Å²) in [4.78, 5) is 45.9. The van der Waals surface area contributed by atoms with E-state index >= 15 is 0 Å². The molecule has 0 fully saturated rings. The number of aliphatic carboxylic acids is 2. The fourth-order valence-electron chi connectivity index (χ4n) is 2.99. The molecule has 0 bridgehead atoms. The number of non-ortho nitro benzene ring substituents is 1. The van der Waals surface area contributed by atoms with Gasteiger partial charge in [-0.15, -0.1) is 0 Å². The van der Waals surface area contributed by atoms with Gasteiger partial charge in [0, 0.05) is 43.9 Å². The lowest BCUT2D eigenvalue weighted by atomic mass is 10.1. The Bertz CT molecular complexity index is 1020. The van der Waals surface area contributed by atoms with Gasteiger partial charge in [0.25, 0.3) is 5.69 Å². The number of azo groups is 1. The highest BCUT2D eigenvalue weighted by atomic mass is 16.6. The van der Waals surface area contributed by atoms with E-state index in [-0.39, 0.29) is 31.0 Å². The smallest absolute Gasteiger partial charge is 0.317 e. The van der Waals surface area contributed by atoms with E-state index in [1.807, 2.05) is 24.0 Å². The molecule has 180 valence electrons. The van der Waals surface area contributed by atoms with Gasteiger partial charge in [-0.3, -0.25) is 24.5 Å². The molecule has 2 rings (SSSR count). The van der Waals surface area contributed by atoms with Crippen molar-refractivity contribution >= 4 is 40.6 Å². The van der Waals surface area contributed by atoms with Crippen molar-refractivity contribution in [3.63, 3.8) is 0 Å². The molecule has 2 aromatic carbocycles. The zero-order chi connectivity index (χ0) is 25.1. The van der Waals surface area contributed by atoms with Crippen molar-refractivity contribution in [3.05, 3.63) is 58.6 Å². The Morgan fingerprint density at radius 2 is 1.53 bits per heavy atom. The Morgan fingerprint density at radius 1 is 1.00 bits per heavy atom. The van der Waals surface area contributed by atoms with E-state index in [0.717, 1.165) is 5.69 Å². The molecule has 0 spiro atoms. The van der Waals surface area contributed by atoms with E-state index in [9.17, 15) is 24.5 Å². The maximum Gasteiger partial charge on any atom is 0.317 e. The lowest BCUT2D eigenvalue weighted by molar-refractivity contribution is -0.384. The Balaban J connectivity index is 1.86. The van der Waals surface area contributed by atoms with Gasteiger partial charge in [-0.2, -0.15) is 10.2 Å². The van der Waals surface area contributed by atoms with Crippen LogP contribution in [0.15, 0.2) is 58.8 Å². The number of carboxylic acids is 2. The highest BCUT2D eigenvalue weighted by Gasteiger charge is 2.25. The summed E-state index contributed by atoms with van der Waals surface area (Å²) >= 11 is 0. The molecule has 0 atom stereocenters. The zero-order valence-corrected chi connectivity index (χ0v) is 18.5. The SMILES string of the molecule is CCN(CCC(=O)NCCC(C(=O)O)C(=O)O)c1ccc(N=Nc2ccc([N+](=O)[O-])cc2)cc1. The quantitative estimate of drug-likeness (QED) is 0.172. The van der Waals surface area contributed by atoms with Gasteiger partial charge >= 0.3 is 11.9 Å². The molecule has 12 nitrogen and oxygen atoms in total. The standard InChI is InChI=1S/C22H25N5O7/c1-2-26(14-12-20(28)23-13-11-19(21(29)30)22(31)32)17-7-3-15(4-8-17)24-25-16-5-9-18(10-6-16)27(33)34/h3-10,19H,2,11-14H2,1H3,(H,23,28)(H,29,30)(H,31,32). The average Bonchev–Trinajstić information content (AvgIpc) is 2.81. The highest BCUT2D eigenvalue weighted by Crippen LogP contribution is 2.23. The molecule has 0 unspecified atom stereocenters. The predicted octanol–water partition coefficient (Wildman–Crippen LogP) is 3.52. The molecule has 0 saturated heterocycles. The van der Waals surface area contributed by atoms with E-state index in [1.54, 1.807) is 12.1 Å². The molecule has 0 heterocycles. The normalized spacial score (nSPS) is 10.9. The first-order valence-corrected chi connectivity index (χ1v) is 10.4. The van der Waals surface area contributed by atoms with Crippen molar-refractivity contribution < 1.29 is 29.5 Å². The third kappa shape index (κ3) is 7.97. The van der Waals surface area contributed by atoms with Crippen LogP contribution in [0.25, 0.3) is 0 Å². The van der Waals surface area contributed by atoms with Gasteiger partial charge in [0.1, 0.15) is 0 Å². The number of nitrogens with zero attached hydrogens (tertiary/aromatic N) is 4. The fourth-order valence-corrected chi connectivity index (χ4v) is 2.99. The molecule has 0 radical (unpaired) electrons. The van der Waals surface area contributed by atoms with E-state index in [0.29, 0.717) is 24.5 Å². The summed E-state index contributed by atoms with van der Waals surface area (Å²) in [6, 6.07) is 12.9. The Labute approximate surface area is 195 Å². The number of carbonyl (C=O) groups is 3. The molecule has 0 aliphatic carbocycles. The zero-order valence-electron chi connectivity index (χ0n) is 18.5. The maximum atomic E-state index is 12.1. The molecular formula is C22H25N5O7. The number of anilines is 1. The Morgan fingerprint density at radius 3 is 2.00 bits per heavy atom. The first-order chi connectivity index (χ1) is 16.2. The molecular weight excluding hydrogens is 446 g/mol. The van der Waals surface area contributed by atoms with E-state index < -0.39 is 22.8 Å². The summed E-state index contributed by atoms with van der Waals surface area (Å²) in [5.41, 5.74) is 1.90. The van der Waals surface area contributed by atoms with Crippen LogP contribution in [0.1, 0.15) is 19.8 Å². The second-order valence-corrected chi connectivity index (χ2v) is 7.19. The summed E-state index contributed by atoms with van der Waals surface area (Å²) in [7, 11) is 0. The van der Waals surface area contributed by atoms with E-state index in [2.05, 4.69) is 15.5 Å². The van der Waals surface area contributed by atoms with E-state index in [4.69, 9.17) is 10.2 Å². The molecule has 0 aliphatic rings. The van der Waals surface area contributed by atoms with Crippen LogP contribution in [0.2, 0.25) is 0 Å². The van der Waals surface area contributed by atoms with Crippen molar-refractivity contribution in [2.45, 2.75) is 19.8 Å². The van der Waals surface area contributed by atoms with Gasteiger partial charge in [-0.1, -0.05) is 0 Å². The number of nitro benzene ring substituents is 1. The number of carboxylic acid groups (broad SMARTS) is 2. The minimum absolute atomic E-state index is 0.0265. The number of benzene rings is 2. The van der Waals surface area contributed by atoms with Crippen LogP contribution in [-0.4, -0.2) is 52.6 Å². The van der Waals surface area contributed by atoms with Gasteiger partial charge in [-0.05, 0) is 49.7 Å². The predicted molar refractivity (Wildman–Crippen MR) is 123 cm³/mol. The largest absolute Gasteiger partial charge is 0.481 e. The third-order valence-corrected chi connectivity index (χ3v) is 4.90. The number of nitro groups is 1. The maximum absolute atomic E-state index is 12.1. The topological polar surface area (TPSA) is 175 Å². The minimum atomic E-state index is -1.55. The molecule has 0 aromatic heterocycles. The van der Waals surface area contributed by atoms with Crippen molar-refractivity contribution in [2.24, 2.45) is 16.1 Å². The van der Waals surface area contributed by atoms with Gasteiger partial charge in [-0.25, -0.2) is 0 Å². The lowest BCUT2D eigenvalue weighted by Gasteiger charge is -2.23. The molecule has 3 N–H and O–H groups in total. The second kappa shape index (κ2) is 12.6. The molecule has 0 saturated carbocycles. The van der Waals surface area contributed by atoms with E-state index in [1.165, 1.54) is 24.3 Å². The number of rotatable bonds is 13. The van der Waals surface area contributed by atoms with Crippen LogP contribution in [0, 0.1) is 16.0 Å². The molecule has 2 aromatic rings. The van der Waals surface area contributed by atoms with Crippen molar-refractivity contribution in [1.82, 2.24) is 5.32 Å². The fraction of sp³-hybridized carbons (Fsp3) is 0.318. The molecule has 12 heteroatoms. The summed E-state index contributed by atoms with van der Waals surface area (Å²) < 4.78 is 0. The second-order valence-electron chi connectivity index (χ2n) is 7.19. The van der Waals surface area contributed by atoms with Crippen molar-refractivity contribution in [3.8, 4) is 0 Å². The van der Waals surface area contributed by atoms with Crippen LogP contribution >= 0.6 is 0 Å². The van der Waals surface area contributed by atoms with Crippen molar-refractivity contribution in [2.75, 3.05) is 24.5 Å². The average molecular weight is 471 g/mol. The van der Waals surface area contributed by atoms with Crippen LogP contribution in [0.5, 0.6) is 0 Å². The van der Waals surface area contributed by atoms with Gasteiger partial charge < -0.3 is 20.4 Å². The molecule has 1 amide bonds. The van der Waals surface area contributed by atoms with Crippen LogP contribution in [0.3, 0.4) is 0 Å². The lowest BCUT2D eigenvalue weighted by Crippen LogP contribution is -2.33. The Kier molecular flexibility index (Phi) is 9.62. The highest BCUT2D eigenvalue weighted by molar-refractivity contribution is 5.92. The molecule has 0 aliphatic heterocycles. The van der Waals surface area contributed by atoms with Gasteiger partial charge in [0.2, 0.25) is 5.91 Å². The summed E-state index contributed by atoms with van der Waals surface area (Å²) in [5.74, 6) is -4.73. The Hall–Kier alpha value is -4.35. The number of amides is 1. The number of hydrogen-bond acceptors (Lipinski definition) is 8. The molecule has 34 heavy (non-hydrogen) atoms. The van der Waals surface area contributed by atoms with Gasteiger partial charge in [0.15, 0.2) is 5.92 Å². The summed E-state index contributed by atoms with van der Waals surface area (Å²) in [5, 5.41) is 39.1. The number of hydrogen-bond donors (Lipinski definition) is 3.